The van der Waals surface area contributed by atoms with Crippen LogP contribution in [-0.4, -0.2) is 29.4 Å². The van der Waals surface area contributed by atoms with E-state index in [2.05, 4.69) is 5.32 Å². The first-order chi connectivity index (χ1) is 18.3. The Bertz CT molecular complexity index is 1430. The Hall–Kier alpha value is -4.99. The maximum atomic E-state index is 13.2. The van der Waals surface area contributed by atoms with Crippen LogP contribution in [0.4, 0.5) is 16.2 Å². The summed E-state index contributed by atoms with van der Waals surface area (Å²) in [7, 11) is 0. The van der Waals surface area contributed by atoms with Crippen LogP contribution < -0.4 is 19.7 Å². The van der Waals surface area contributed by atoms with Gasteiger partial charge in [-0.2, -0.15) is 0 Å². The Labute approximate surface area is 218 Å². The van der Waals surface area contributed by atoms with Crippen molar-refractivity contribution >= 4 is 35.3 Å². The molecule has 38 heavy (non-hydrogen) atoms. The Kier molecular flexibility index (Phi) is 7.81. The Morgan fingerprint density at radius 3 is 2.37 bits per heavy atom. The second-order valence-electron chi connectivity index (χ2n) is 8.33. The van der Waals surface area contributed by atoms with E-state index in [1.54, 1.807) is 49.4 Å². The van der Waals surface area contributed by atoms with Crippen LogP contribution in [0.2, 0.25) is 0 Å². The second kappa shape index (κ2) is 11.4. The molecule has 10 heteroatoms. The fourth-order valence-corrected chi connectivity index (χ4v) is 3.86. The van der Waals surface area contributed by atoms with E-state index in [1.807, 2.05) is 19.1 Å². The molecular weight excluding hydrogens is 490 g/mol. The number of urea groups is 1. The van der Waals surface area contributed by atoms with Crippen LogP contribution in [0.1, 0.15) is 30.5 Å². The molecule has 3 aromatic rings. The Balaban J connectivity index is 1.59. The molecule has 1 heterocycles. The van der Waals surface area contributed by atoms with E-state index in [1.165, 1.54) is 18.2 Å². The Morgan fingerprint density at radius 2 is 1.68 bits per heavy atom. The van der Waals surface area contributed by atoms with Gasteiger partial charge in [0, 0.05) is 12.1 Å². The molecule has 0 spiro atoms. The molecule has 3 aromatic carbocycles. The van der Waals surface area contributed by atoms with Gasteiger partial charge in [0.1, 0.15) is 12.2 Å². The van der Waals surface area contributed by atoms with Crippen LogP contribution in [0.25, 0.3) is 6.08 Å². The molecule has 4 amide bonds. The first-order valence-corrected chi connectivity index (χ1v) is 11.9. The average Bonchev–Trinajstić information content (AvgIpc) is 2.91. The zero-order valence-corrected chi connectivity index (χ0v) is 20.8. The summed E-state index contributed by atoms with van der Waals surface area (Å²) in [6.07, 6.45) is 2.18. The average molecular weight is 516 g/mol. The van der Waals surface area contributed by atoms with Crippen LogP contribution in [0.15, 0.2) is 72.3 Å². The summed E-state index contributed by atoms with van der Waals surface area (Å²) in [6, 6.07) is 17.1. The molecule has 0 aromatic heterocycles. The van der Waals surface area contributed by atoms with E-state index in [4.69, 9.17) is 9.47 Å². The molecular formula is C28H25N3O7. The van der Waals surface area contributed by atoms with E-state index in [9.17, 15) is 24.5 Å². The van der Waals surface area contributed by atoms with Crippen LogP contribution >= 0.6 is 0 Å². The fraction of sp³-hybridized carbons (Fsp3) is 0.179. The number of aryl methyl sites for hydroxylation is 1. The molecule has 0 unspecified atom stereocenters. The first kappa shape index (κ1) is 26.1. The van der Waals surface area contributed by atoms with Crippen molar-refractivity contribution in [2.75, 3.05) is 11.5 Å². The Morgan fingerprint density at radius 1 is 0.921 bits per heavy atom. The molecule has 10 nitrogen and oxygen atoms in total. The number of nitro benzene ring substituents is 1. The standard InChI is InChI=1S/C28H25N3O7/c1-3-18-8-11-21(12-9-18)30-27(33)23(26(32)29-28(30)34)15-19-10-13-24(25(16-19)37-4-2)38-17-20-6-5-7-22(14-20)31(35)36/h5-16H,3-4,17H2,1-2H3,(H,29,32,34)/b23-15-. The number of ether oxygens (including phenoxy) is 2. The number of amides is 4. The molecule has 1 saturated heterocycles. The number of hydrogen-bond donors (Lipinski definition) is 1. The third-order valence-electron chi connectivity index (χ3n) is 5.80. The minimum atomic E-state index is -0.818. The predicted octanol–water partition coefficient (Wildman–Crippen LogP) is 4.80. The summed E-state index contributed by atoms with van der Waals surface area (Å²) in [4.78, 5) is 49.7. The lowest BCUT2D eigenvalue weighted by atomic mass is 10.1. The number of nitro groups is 1. The SMILES string of the molecule is CCOc1cc(/C=C2/C(=O)NC(=O)N(c3ccc(CC)cc3)C2=O)ccc1OCc1cccc([N+](=O)[O-])c1. The van der Waals surface area contributed by atoms with Crippen LogP contribution in [0.5, 0.6) is 11.5 Å². The van der Waals surface area contributed by atoms with E-state index in [0.717, 1.165) is 16.9 Å². The van der Waals surface area contributed by atoms with Gasteiger partial charge in [-0.25, -0.2) is 9.69 Å². The predicted molar refractivity (Wildman–Crippen MR) is 140 cm³/mol. The second-order valence-corrected chi connectivity index (χ2v) is 8.33. The lowest BCUT2D eigenvalue weighted by Gasteiger charge is -2.26. The molecule has 0 saturated carbocycles. The van der Waals surface area contributed by atoms with Gasteiger partial charge in [-0.15, -0.1) is 0 Å². The van der Waals surface area contributed by atoms with Crippen molar-refractivity contribution in [2.45, 2.75) is 26.9 Å². The first-order valence-electron chi connectivity index (χ1n) is 11.9. The number of carbonyl (C=O) groups is 3. The van der Waals surface area contributed by atoms with Crippen molar-refractivity contribution < 1.29 is 28.8 Å². The highest BCUT2D eigenvalue weighted by molar-refractivity contribution is 6.39. The number of nitrogens with one attached hydrogen (secondary N) is 1. The minimum absolute atomic E-state index is 0.0395. The molecule has 194 valence electrons. The number of rotatable bonds is 9. The minimum Gasteiger partial charge on any atom is -0.490 e. The molecule has 0 radical (unpaired) electrons. The molecule has 1 N–H and O–H groups in total. The normalized spacial score (nSPS) is 14.4. The lowest BCUT2D eigenvalue weighted by molar-refractivity contribution is -0.384. The third-order valence-corrected chi connectivity index (χ3v) is 5.80. The summed E-state index contributed by atoms with van der Waals surface area (Å²) < 4.78 is 11.5. The van der Waals surface area contributed by atoms with Gasteiger partial charge in [-0.1, -0.05) is 37.3 Å². The highest BCUT2D eigenvalue weighted by Crippen LogP contribution is 2.31. The number of barbiturate groups is 1. The fourth-order valence-electron chi connectivity index (χ4n) is 3.86. The van der Waals surface area contributed by atoms with Crippen molar-refractivity contribution in [3.8, 4) is 11.5 Å². The van der Waals surface area contributed by atoms with Gasteiger partial charge in [-0.05, 0) is 60.4 Å². The van der Waals surface area contributed by atoms with Crippen molar-refractivity contribution in [1.82, 2.24) is 5.32 Å². The number of anilines is 1. The van der Waals surface area contributed by atoms with Crippen molar-refractivity contribution in [1.29, 1.82) is 0 Å². The molecule has 0 atom stereocenters. The third kappa shape index (κ3) is 5.70. The lowest BCUT2D eigenvalue weighted by Crippen LogP contribution is -2.54. The maximum Gasteiger partial charge on any atom is 0.335 e. The van der Waals surface area contributed by atoms with E-state index >= 15 is 0 Å². The van der Waals surface area contributed by atoms with Gasteiger partial charge < -0.3 is 9.47 Å². The van der Waals surface area contributed by atoms with Crippen molar-refractivity contribution in [2.24, 2.45) is 0 Å². The molecule has 0 aliphatic carbocycles. The van der Waals surface area contributed by atoms with Crippen molar-refractivity contribution in [3.63, 3.8) is 0 Å². The van der Waals surface area contributed by atoms with Gasteiger partial charge in [0.05, 0.1) is 17.2 Å². The summed E-state index contributed by atoms with van der Waals surface area (Å²) in [5.74, 6) is -0.802. The number of hydrogen-bond acceptors (Lipinski definition) is 7. The highest BCUT2D eigenvalue weighted by Gasteiger charge is 2.36. The van der Waals surface area contributed by atoms with Gasteiger partial charge in [0.15, 0.2) is 11.5 Å². The van der Waals surface area contributed by atoms with Crippen LogP contribution in [0.3, 0.4) is 0 Å². The van der Waals surface area contributed by atoms with Crippen LogP contribution in [0, 0.1) is 10.1 Å². The van der Waals surface area contributed by atoms with E-state index in [0.29, 0.717) is 34.9 Å². The maximum absolute atomic E-state index is 13.2. The molecule has 0 bridgehead atoms. The number of nitrogens with zero attached hydrogens (tertiary/aromatic N) is 2. The van der Waals surface area contributed by atoms with Gasteiger partial charge >= 0.3 is 6.03 Å². The van der Waals surface area contributed by atoms with E-state index in [-0.39, 0.29) is 17.9 Å². The summed E-state index contributed by atoms with van der Waals surface area (Å²) in [5.41, 5.74) is 2.23. The number of imide groups is 2. The molecule has 1 fully saturated rings. The zero-order valence-electron chi connectivity index (χ0n) is 20.8. The molecule has 1 aliphatic rings. The van der Waals surface area contributed by atoms with Gasteiger partial charge in [-0.3, -0.25) is 25.0 Å². The largest absolute Gasteiger partial charge is 0.490 e. The van der Waals surface area contributed by atoms with Gasteiger partial charge in [0.2, 0.25) is 0 Å². The summed E-state index contributed by atoms with van der Waals surface area (Å²) in [5, 5.41) is 13.2. The van der Waals surface area contributed by atoms with Gasteiger partial charge in [0.25, 0.3) is 17.5 Å². The smallest absolute Gasteiger partial charge is 0.335 e. The molecule has 4 rings (SSSR count). The zero-order chi connectivity index (χ0) is 27.2. The summed E-state index contributed by atoms with van der Waals surface area (Å²) in [6.45, 7) is 4.17. The topological polar surface area (TPSA) is 128 Å². The van der Waals surface area contributed by atoms with Crippen molar-refractivity contribution in [3.05, 3.63) is 99.1 Å². The summed E-state index contributed by atoms with van der Waals surface area (Å²) >= 11 is 0. The number of carbonyl (C=O) groups excluding carboxylic acids is 3. The number of benzene rings is 3. The number of non-ortho nitro benzene ring substituents is 1. The molecule has 1 aliphatic heterocycles. The quantitative estimate of drug-likeness (QED) is 0.188. The van der Waals surface area contributed by atoms with E-state index < -0.39 is 22.8 Å². The highest BCUT2D eigenvalue weighted by atomic mass is 16.6. The van der Waals surface area contributed by atoms with Crippen LogP contribution in [-0.2, 0) is 22.6 Å². The monoisotopic (exact) mass is 515 g/mol.